The summed E-state index contributed by atoms with van der Waals surface area (Å²) >= 11 is 0. The maximum absolute atomic E-state index is 11.8. The van der Waals surface area contributed by atoms with E-state index in [1.165, 1.54) is 0 Å². The summed E-state index contributed by atoms with van der Waals surface area (Å²) in [5.41, 5.74) is 5.12. The van der Waals surface area contributed by atoms with Crippen molar-refractivity contribution in [3.63, 3.8) is 0 Å². The molecule has 11 heavy (non-hydrogen) atoms. The van der Waals surface area contributed by atoms with Crippen LogP contribution in [0, 0.1) is 5.92 Å². The first kappa shape index (κ1) is 10.7. The van der Waals surface area contributed by atoms with Crippen molar-refractivity contribution in [2.45, 2.75) is 25.6 Å². The third kappa shape index (κ3) is 4.21. The van der Waals surface area contributed by atoms with Crippen molar-refractivity contribution in [3.05, 3.63) is 0 Å². The van der Waals surface area contributed by atoms with Gasteiger partial charge in [0.05, 0.1) is 12.5 Å². The smallest absolute Gasteiger partial charge is 0.391 e. The van der Waals surface area contributed by atoms with Crippen molar-refractivity contribution >= 4 is 0 Å². The molecule has 3 N–H and O–H groups in total. The van der Waals surface area contributed by atoms with Crippen molar-refractivity contribution in [1.82, 2.24) is 0 Å². The van der Waals surface area contributed by atoms with Gasteiger partial charge in [0.15, 0.2) is 0 Å². The molecular formula is C6H12F3NO. The van der Waals surface area contributed by atoms with Gasteiger partial charge in [0.1, 0.15) is 0 Å². The minimum absolute atomic E-state index is 0.222. The summed E-state index contributed by atoms with van der Waals surface area (Å²) in [5, 5.41) is 8.36. The van der Waals surface area contributed by atoms with Gasteiger partial charge in [-0.3, -0.25) is 0 Å². The molecule has 0 aliphatic carbocycles. The maximum atomic E-state index is 11.8. The molecule has 5 heteroatoms. The lowest BCUT2D eigenvalue weighted by molar-refractivity contribution is -0.172. The van der Waals surface area contributed by atoms with Gasteiger partial charge in [0, 0.05) is 6.04 Å². The number of aliphatic hydroxyl groups is 1. The molecule has 0 radical (unpaired) electrons. The second kappa shape index (κ2) is 3.92. The predicted octanol–water partition coefficient (Wildman–Crippen LogP) is 0.894. The monoisotopic (exact) mass is 171 g/mol. The molecule has 0 aromatic rings. The largest absolute Gasteiger partial charge is 0.395 e. The quantitative estimate of drug-likeness (QED) is 0.662. The van der Waals surface area contributed by atoms with Crippen LogP contribution in [0.3, 0.4) is 0 Å². The van der Waals surface area contributed by atoms with E-state index in [1.54, 1.807) is 0 Å². The summed E-state index contributed by atoms with van der Waals surface area (Å²) < 4.78 is 35.4. The van der Waals surface area contributed by atoms with Gasteiger partial charge in [-0.25, -0.2) is 0 Å². The SMILES string of the molecule is C[C@@H](C[C@@H](N)CO)C(F)(F)F. The first-order chi connectivity index (χ1) is 4.88. The highest BCUT2D eigenvalue weighted by molar-refractivity contribution is 4.69. The van der Waals surface area contributed by atoms with Crippen LogP contribution >= 0.6 is 0 Å². The molecule has 0 aliphatic heterocycles. The van der Waals surface area contributed by atoms with Gasteiger partial charge < -0.3 is 10.8 Å². The zero-order valence-corrected chi connectivity index (χ0v) is 6.23. The Morgan fingerprint density at radius 1 is 1.45 bits per heavy atom. The summed E-state index contributed by atoms with van der Waals surface area (Å²) in [6.07, 6.45) is -4.42. The van der Waals surface area contributed by atoms with E-state index in [-0.39, 0.29) is 6.42 Å². The average molecular weight is 171 g/mol. The minimum atomic E-state index is -4.20. The van der Waals surface area contributed by atoms with E-state index in [0.717, 1.165) is 6.92 Å². The molecular weight excluding hydrogens is 159 g/mol. The van der Waals surface area contributed by atoms with Crippen molar-refractivity contribution in [2.24, 2.45) is 11.7 Å². The van der Waals surface area contributed by atoms with E-state index < -0.39 is 24.7 Å². The Bertz CT molecular complexity index is 115. The standard InChI is InChI=1S/C6H12F3NO/c1-4(6(7,8)9)2-5(10)3-11/h4-5,11H,2-3,10H2,1H3/t4-,5+/m0/s1. The minimum Gasteiger partial charge on any atom is -0.395 e. The molecule has 2 nitrogen and oxygen atoms in total. The number of aliphatic hydroxyl groups excluding tert-OH is 1. The fraction of sp³-hybridized carbons (Fsp3) is 1.00. The lowest BCUT2D eigenvalue weighted by Gasteiger charge is -2.17. The Labute approximate surface area is 63.2 Å². The Morgan fingerprint density at radius 3 is 2.18 bits per heavy atom. The summed E-state index contributed by atoms with van der Waals surface area (Å²) in [4.78, 5) is 0. The lowest BCUT2D eigenvalue weighted by Crippen LogP contribution is -2.32. The van der Waals surface area contributed by atoms with E-state index >= 15 is 0 Å². The van der Waals surface area contributed by atoms with Crippen LogP contribution in [0.1, 0.15) is 13.3 Å². The van der Waals surface area contributed by atoms with Crippen LogP contribution in [0.2, 0.25) is 0 Å². The van der Waals surface area contributed by atoms with E-state index in [2.05, 4.69) is 0 Å². The average Bonchev–Trinajstić information content (AvgIpc) is 1.85. The van der Waals surface area contributed by atoms with Crippen molar-refractivity contribution in [3.8, 4) is 0 Å². The van der Waals surface area contributed by atoms with E-state index in [9.17, 15) is 13.2 Å². The van der Waals surface area contributed by atoms with Crippen molar-refractivity contribution in [1.29, 1.82) is 0 Å². The second-order valence-corrected chi connectivity index (χ2v) is 2.62. The molecule has 0 aromatic carbocycles. The maximum Gasteiger partial charge on any atom is 0.391 e. The van der Waals surface area contributed by atoms with Crippen LogP contribution in [-0.2, 0) is 0 Å². The van der Waals surface area contributed by atoms with Crippen LogP contribution in [0.5, 0.6) is 0 Å². The summed E-state index contributed by atoms with van der Waals surface area (Å²) in [6.45, 7) is 0.649. The number of hydrogen-bond acceptors (Lipinski definition) is 2. The highest BCUT2D eigenvalue weighted by Crippen LogP contribution is 2.28. The predicted molar refractivity (Wildman–Crippen MR) is 34.9 cm³/mol. The molecule has 0 heterocycles. The normalized spacial score (nSPS) is 18.0. The van der Waals surface area contributed by atoms with E-state index in [1.807, 2.05) is 0 Å². The molecule has 0 spiro atoms. The third-order valence-corrected chi connectivity index (χ3v) is 1.45. The number of nitrogens with two attached hydrogens (primary N) is 1. The van der Waals surface area contributed by atoms with Crippen LogP contribution in [0.25, 0.3) is 0 Å². The first-order valence-corrected chi connectivity index (χ1v) is 3.31. The van der Waals surface area contributed by atoms with Crippen LogP contribution in [-0.4, -0.2) is 23.9 Å². The van der Waals surface area contributed by atoms with Gasteiger partial charge >= 0.3 is 6.18 Å². The molecule has 68 valence electrons. The molecule has 0 amide bonds. The molecule has 0 saturated carbocycles. The van der Waals surface area contributed by atoms with Crippen molar-refractivity contribution < 1.29 is 18.3 Å². The molecule has 2 atom stereocenters. The topological polar surface area (TPSA) is 46.2 Å². The summed E-state index contributed by atoms with van der Waals surface area (Å²) in [6, 6.07) is -0.772. The summed E-state index contributed by atoms with van der Waals surface area (Å²) in [5.74, 6) is -1.44. The number of rotatable bonds is 3. The zero-order valence-electron chi connectivity index (χ0n) is 6.23. The zero-order chi connectivity index (χ0) is 9.07. The van der Waals surface area contributed by atoms with E-state index in [0.29, 0.717) is 0 Å². The fourth-order valence-corrected chi connectivity index (χ4v) is 0.662. The molecule has 0 rings (SSSR count). The van der Waals surface area contributed by atoms with Gasteiger partial charge in [-0.1, -0.05) is 6.92 Å². The molecule has 0 fully saturated rings. The third-order valence-electron chi connectivity index (χ3n) is 1.45. The van der Waals surface area contributed by atoms with Crippen LogP contribution in [0.15, 0.2) is 0 Å². The molecule has 0 aliphatic rings. The number of alkyl halides is 3. The van der Waals surface area contributed by atoms with Gasteiger partial charge in [-0.2, -0.15) is 13.2 Å². The highest BCUT2D eigenvalue weighted by Gasteiger charge is 2.36. The van der Waals surface area contributed by atoms with Gasteiger partial charge in [0.2, 0.25) is 0 Å². The van der Waals surface area contributed by atoms with Gasteiger partial charge in [-0.05, 0) is 6.42 Å². The Balaban J connectivity index is 3.77. The lowest BCUT2D eigenvalue weighted by atomic mass is 10.0. The second-order valence-electron chi connectivity index (χ2n) is 2.62. The van der Waals surface area contributed by atoms with Gasteiger partial charge in [0.25, 0.3) is 0 Å². The first-order valence-electron chi connectivity index (χ1n) is 3.31. The molecule has 0 aromatic heterocycles. The number of halogens is 3. The Kier molecular flexibility index (Phi) is 3.82. The fourth-order valence-electron chi connectivity index (χ4n) is 0.662. The van der Waals surface area contributed by atoms with E-state index in [4.69, 9.17) is 10.8 Å². The summed E-state index contributed by atoms with van der Waals surface area (Å²) in [7, 11) is 0. The number of hydrogen-bond donors (Lipinski definition) is 2. The van der Waals surface area contributed by atoms with Gasteiger partial charge in [-0.15, -0.1) is 0 Å². The molecule has 0 bridgehead atoms. The van der Waals surface area contributed by atoms with Crippen molar-refractivity contribution in [2.75, 3.05) is 6.61 Å². The Morgan fingerprint density at radius 2 is 1.91 bits per heavy atom. The molecule has 0 saturated heterocycles. The Hall–Kier alpha value is -0.290. The van der Waals surface area contributed by atoms with Crippen LogP contribution < -0.4 is 5.73 Å². The molecule has 0 unspecified atom stereocenters. The van der Waals surface area contributed by atoms with Crippen LogP contribution in [0.4, 0.5) is 13.2 Å². The highest BCUT2D eigenvalue weighted by atomic mass is 19.4.